The summed E-state index contributed by atoms with van der Waals surface area (Å²) in [6.07, 6.45) is -3.02. The average Bonchev–Trinajstić information content (AvgIpc) is 3.29. The topological polar surface area (TPSA) is 184 Å². The largest absolute Gasteiger partial charge is 0.382 e. The van der Waals surface area contributed by atoms with Crippen molar-refractivity contribution < 1.29 is 20.1 Å². The van der Waals surface area contributed by atoms with Crippen molar-refractivity contribution in [2.75, 3.05) is 0 Å². The zero-order chi connectivity index (χ0) is 20.0. The molecule has 0 amide bonds. The van der Waals surface area contributed by atoms with Gasteiger partial charge in [0, 0.05) is 24.3 Å². The molecule has 0 saturated carbocycles. The number of aromatic amines is 2. The molecule has 2 aromatic heterocycles. The van der Waals surface area contributed by atoms with Crippen LogP contribution >= 0.6 is 0 Å². The van der Waals surface area contributed by atoms with Crippen LogP contribution in [0.15, 0.2) is 36.4 Å². The summed E-state index contributed by atoms with van der Waals surface area (Å²) < 4.78 is 0. The molecule has 0 radical (unpaired) electrons. The molecule has 0 aliphatic heterocycles. The fourth-order valence-corrected chi connectivity index (χ4v) is 2.84. The summed E-state index contributed by atoms with van der Waals surface area (Å²) in [5.41, 5.74) is 1.14. The van der Waals surface area contributed by atoms with Crippen molar-refractivity contribution >= 4 is 33.4 Å². The zero-order valence-electron chi connectivity index (χ0n) is 13.9. The number of aliphatic hydroxyl groups is 2. The Kier molecular flexibility index (Phi) is 3.98. The average molecular weight is 384 g/mol. The van der Waals surface area contributed by atoms with Crippen LogP contribution in [0.3, 0.4) is 0 Å². The number of nitro groups is 2. The van der Waals surface area contributed by atoms with Gasteiger partial charge in [0.2, 0.25) is 0 Å². The molecule has 0 aliphatic carbocycles. The van der Waals surface area contributed by atoms with Crippen molar-refractivity contribution in [3.05, 3.63) is 68.3 Å². The Bertz CT molecular complexity index is 1140. The summed E-state index contributed by atoms with van der Waals surface area (Å²) in [6.45, 7) is 0. The number of hydrogen-bond donors (Lipinski definition) is 4. The maximum Gasteiger partial charge on any atom is 0.271 e. The maximum absolute atomic E-state index is 10.9. The van der Waals surface area contributed by atoms with Gasteiger partial charge in [-0.25, -0.2) is 9.97 Å². The molecule has 0 spiro atoms. The molecular formula is C16H12N6O6. The lowest BCUT2D eigenvalue weighted by atomic mass is 10.2. The van der Waals surface area contributed by atoms with E-state index < -0.39 is 22.1 Å². The summed E-state index contributed by atoms with van der Waals surface area (Å²) in [7, 11) is 0. The number of hydrogen-bond acceptors (Lipinski definition) is 8. The molecule has 0 fully saturated rings. The van der Waals surface area contributed by atoms with Crippen molar-refractivity contribution in [3.8, 4) is 0 Å². The third-order valence-electron chi connectivity index (χ3n) is 4.25. The fourth-order valence-electron chi connectivity index (χ4n) is 2.84. The number of benzene rings is 2. The van der Waals surface area contributed by atoms with E-state index in [4.69, 9.17) is 0 Å². The van der Waals surface area contributed by atoms with Crippen molar-refractivity contribution in [1.82, 2.24) is 19.9 Å². The van der Waals surface area contributed by atoms with Crippen LogP contribution < -0.4 is 0 Å². The third kappa shape index (κ3) is 2.91. The number of nitrogens with zero attached hydrogens (tertiary/aromatic N) is 4. The van der Waals surface area contributed by atoms with Gasteiger partial charge in [-0.05, 0) is 12.1 Å². The molecule has 4 aromatic rings. The molecule has 12 nitrogen and oxygen atoms in total. The van der Waals surface area contributed by atoms with Gasteiger partial charge in [0.25, 0.3) is 11.4 Å². The molecule has 28 heavy (non-hydrogen) atoms. The highest BCUT2D eigenvalue weighted by Crippen LogP contribution is 2.30. The number of H-pyrrole nitrogens is 2. The number of fused-ring (bicyclic) bond motifs is 2. The molecule has 0 unspecified atom stereocenters. The molecule has 142 valence electrons. The van der Waals surface area contributed by atoms with Crippen molar-refractivity contribution in [2.24, 2.45) is 0 Å². The van der Waals surface area contributed by atoms with E-state index in [1.54, 1.807) is 0 Å². The van der Waals surface area contributed by atoms with Gasteiger partial charge in [0.15, 0.2) is 0 Å². The van der Waals surface area contributed by atoms with Gasteiger partial charge in [-0.2, -0.15) is 0 Å². The van der Waals surface area contributed by atoms with Gasteiger partial charge < -0.3 is 20.2 Å². The molecule has 0 saturated heterocycles. The molecule has 2 aromatic carbocycles. The molecule has 4 N–H and O–H groups in total. The highest BCUT2D eigenvalue weighted by atomic mass is 16.6. The van der Waals surface area contributed by atoms with Crippen molar-refractivity contribution in [2.45, 2.75) is 12.2 Å². The molecule has 12 heteroatoms. The Labute approximate surface area is 154 Å². The second-order valence-corrected chi connectivity index (χ2v) is 6.05. The second-order valence-electron chi connectivity index (χ2n) is 6.05. The van der Waals surface area contributed by atoms with Crippen LogP contribution in [0, 0.1) is 20.2 Å². The monoisotopic (exact) mass is 384 g/mol. The third-order valence-corrected chi connectivity index (χ3v) is 4.25. The summed E-state index contributed by atoms with van der Waals surface area (Å²) in [5.74, 6) is -0.0103. The van der Waals surface area contributed by atoms with Crippen LogP contribution in [0.1, 0.15) is 23.9 Å². The van der Waals surface area contributed by atoms with Crippen LogP contribution in [-0.2, 0) is 0 Å². The lowest BCUT2D eigenvalue weighted by Crippen LogP contribution is -2.13. The van der Waals surface area contributed by atoms with Gasteiger partial charge in [0.05, 0.1) is 31.9 Å². The van der Waals surface area contributed by atoms with E-state index in [9.17, 15) is 30.4 Å². The maximum atomic E-state index is 10.9. The van der Waals surface area contributed by atoms with E-state index in [0.29, 0.717) is 22.1 Å². The quantitative estimate of drug-likeness (QED) is 0.297. The van der Waals surface area contributed by atoms with E-state index >= 15 is 0 Å². The SMILES string of the molecule is O=[N+]([O-])c1ccc2nc([C@@H](O)[C@@H](O)c3nc4ccc([N+](=O)[O-])cc4[nH]3)[nH]c2c1. The molecule has 0 bridgehead atoms. The van der Waals surface area contributed by atoms with Gasteiger partial charge in [-0.3, -0.25) is 20.2 Å². The first-order chi connectivity index (χ1) is 13.3. The van der Waals surface area contributed by atoms with E-state index in [2.05, 4.69) is 19.9 Å². The van der Waals surface area contributed by atoms with E-state index in [-0.39, 0.29) is 23.0 Å². The van der Waals surface area contributed by atoms with Gasteiger partial charge in [-0.15, -0.1) is 0 Å². The minimum atomic E-state index is -1.51. The highest BCUT2D eigenvalue weighted by Gasteiger charge is 2.27. The van der Waals surface area contributed by atoms with Crippen molar-refractivity contribution in [3.63, 3.8) is 0 Å². The minimum Gasteiger partial charge on any atom is -0.382 e. The Balaban J connectivity index is 1.66. The normalized spacial score (nSPS) is 13.6. The van der Waals surface area contributed by atoms with Gasteiger partial charge >= 0.3 is 0 Å². The predicted molar refractivity (Wildman–Crippen MR) is 95.4 cm³/mol. The standard InChI is InChI=1S/C16H12N6O6/c23-13(15-17-9-3-1-7(21(25)26)5-11(9)19-15)14(24)16-18-10-4-2-8(22(27)28)6-12(10)20-16/h1-6,13-14,23-24H,(H,17,19)(H,18,20)/t13-,14+. The molecule has 4 rings (SSSR count). The first kappa shape index (κ1) is 17.5. The van der Waals surface area contributed by atoms with E-state index in [0.717, 1.165) is 0 Å². The Morgan fingerprint density at radius 1 is 0.786 bits per heavy atom. The molecule has 2 heterocycles. The number of aliphatic hydroxyl groups excluding tert-OH is 2. The Morgan fingerprint density at radius 2 is 1.18 bits per heavy atom. The number of imidazole rings is 2. The van der Waals surface area contributed by atoms with E-state index in [1.165, 1.54) is 36.4 Å². The lowest BCUT2D eigenvalue weighted by molar-refractivity contribution is -0.384. The first-order valence-electron chi connectivity index (χ1n) is 7.98. The van der Waals surface area contributed by atoms with Crippen LogP contribution in [0.25, 0.3) is 22.1 Å². The number of nitrogens with one attached hydrogen (secondary N) is 2. The molecule has 2 atom stereocenters. The molecular weight excluding hydrogens is 372 g/mol. The predicted octanol–water partition coefficient (Wildman–Crippen LogP) is 2.02. The molecule has 0 aliphatic rings. The summed E-state index contributed by atoms with van der Waals surface area (Å²) in [5, 5.41) is 42.6. The Hall–Kier alpha value is -3.90. The number of rotatable bonds is 5. The summed E-state index contributed by atoms with van der Waals surface area (Å²) in [6, 6.07) is 7.94. The lowest BCUT2D eigenvalue weighted by Gasteiger charge is -2.13. The highest BCUT2D eigenvalue weighted by molar-refractivity contribution is 5.78. The van der Waals surface area contributed by atoms with Crippen LogP contribution in [-0.4, -0.2) is 40.0 Å². The minimum absolute atomic E-state index is 0.00515. The number of nitro benzene ring substituents is 2. The van der Waals surface area contributed by atoms with Crippen LogP contribution in [0.4, 0.5) is 11.4 Å². The first-order valence-corrected chi connectivity index (χ1v) is 7.98. The number of aromatic nitrogens is 4. The van der Waals surface area contributed by atoms with Gasteiger partial charge in [-0.1, -0.05) is 0 Å². The van der Waals surface area contributed by atoms with Crippen LogP contribution in [0.2, 0.25) is 0 Å². The van der Waals surface area contributed by atoms with Crippen LogP contribution in [0.5, 0.6) is 0 Å². The number of non-ortho nitro benzene ring substituents is 2. The van der Waals surface area contributed by atoms with Gasteiger partial charge in [0.1, 0.15) is 23.9 Å². The summed E-state index contributed by atoms with van der Waals surface area (Å²) >= 11 is 0. The fraction of sp³-hybridized carbons (Fsp3) is 0.125. The smallest absolute Gasteiger partial charge is 0.271 e. The van der Waals surface area contributed by atoms with Crippen molar-refractivity contribution in [1.29, 1.82) is 0 Å². The van der Waals surface area contributed by atoms with E-state index in [1.807, 2.05) is 0 Å². The Morgan fingerprint density at radius 3 is 1.54 bits per heavy atom. The second kappa shape index (κ2) is 6.37. The summed E-state index contributed by atoms with van der Waals surface area (Å²) in [4.78, 5) is 34.3. The zero-order valence-corrected chi connectivity index (χ0v) is 13.9.